The fourth-order valence-electron chi connectivity index (χ4n) is 2.91. The summed E-state index contributed by atoms with van der Waals surface area (Å²) in [4.78, 5) is 21.9. The summed E-state index contributed by atoms with van der Waals surface area (Å²) in [7, 11) is 0. The Balaban J connectivity index is 1.75. The largest absolute Gasteiger partial charge is 0.379 e. The lowest BCUT2D eigenvalue weighted by Gasteiger charge is -2.14. The third-order valence-corrected chi connectivity index (χ3v) is 4.47. The van der Waals surface area contributed by atoms with Crippen LogP contribution in [0.15, 0.2) is 60.9 Å². The summed E-state index contributed by atoms with van der Waals surface area (Å²) in [6.07, 6.45) is 4.18. The first kappa shape index (κ1) is 18.5. The number of aryl methyl sites for hydroxylation is 1. The SMILES string of the molecule is Cc1ccccc1ONC(=O)Cc1c(Cc2cccnc2)ccc([O])c1C. The maximum Gasteiger partial charge on any atom is 0.257 e. The normalized spacial score (nSPS) is 10.4. The van der Waals surface area contributed by atoms with E-state index in [1.54, 1.807) is 37.5 Å². The number of hydroxylamine groups is 1. The zero-order chi connectivity index (χ0) is 19.2. The number of nitrogens with zero attached hydrogens (tertiary/aromatic N) is 1. The monoisotopic (exact) mass is 361 g/mol. The predicted octanol–water partition coefficient (Wildman–Crippen LogP) is 4.09. The van der Waals surface area contributed by atoms with Gasteiger partial charge in [0.05, 0.1) is 6.42 Å². The maximum atomic E-state index is 12.4. The Morgan fingerprint density at radius 2 is 1.89 bits per heavy atom. The molecular formula is C22H21N2O3. The number of amides is 1. The molecule has 0 unspecified atom stereocenters. The first-order chi connectivity index (χ1) is 13.0. The van der Waals surface area contributed by atoms with E-state index in [1.165, 1.54) is 0 Å². The van der Waals surface area contributed by atoms with Gasteiger partial charge in [0.1, 0.15) is 0 Å². The van der Waals surface area contributed by atoms with Crippen molar-refractivity contribution in [1.82, 2.24) is 10.5 Å². The number of carbonyl (C=O) groups is 1. The summed E-state index contributed by atoms with van der Waals surface area (Å²) in [5, 5.41) is 12.1. The topological polar surface area (TPSA) is 71.1 Å². The second kappa shape index (κ2) is 8.36. The third kappa shape index (κ3) is 4.64. The number of rotatable bonds is 6. The molecule has 3 aromatic rings. The van der Waals surface area contributed by atoms with Gasteiger partial charge in [-0.05, 0) is 60.7 Å². The van der Waals surface area contributed by atoms with E-state index in [2.05, 4.69) is 10.5 Å². The highest BCUT2D eigenvalue weighted by Gasteiger charge is 2.15. The van der Waals surface area contributed by atoms with Gasteiger partial charge in [-0.2, -0.15) is 5.48 Å². The van der Waals surface area contributed by atoms with E-state index in [9.17, 15) is 9.90 Å². The van der Waals surface area contributed by atoms with E-state index >= 15 is 0 Å². The molecule has 1 heterocycles. The van der Waals surface area contributed by atoms with E-state index in [0.29, 0.717) is 17.7 Å². The molecule has 27 heavy (non-hydrogen) atoms. The zero-order valence-corrected chi connectivity index (χ0v) is 15.4. The highest BCUT2D eigenvalue weighted by Crippen LogP contribution is 2.26. The molecule has 1 aromatic heterocycles. The molecule has 0 saturated carbocycles. The molecule has 0 spiro atoms. The molecule has 0 bridgehead atoms. The first-order valence-electron chi connectivity index (χ1n) is 8.73. The molecule has 0 saturated heterocycles. The van der Waals surface area contributed by atoms with E-state index in [0.717, 1.165) is 22.3 Å². The van der Waals surface area contributed by atoms with Gasteiger partial charge in [0.25, 0.3) is 5.91 Å². The number of pyridine rings is 1. The summed E-state index contributed by atoms with van der Waals surface area (Å²) in [5.74, 6) is 0.211. The number of hydrogen-bond donors (Lipinski definition) is 1. The van der Waals surface area contributed by atoms with Crippen LogP contribution in [0.1, 0.15) is 27.8 Å². The minimum absolute atomic E-state index is 0.0728. The van der Waals surface area contributed by atoms with Crippen molar-refractivity contribution in [2.45, 2.75) is 26.7 Å². The minimum atomic E-state index is -0.306. The average molecular weight is 361 g/mol. The molecule has 5 heteroatoms. The molecule has 2 aromatic carbocycles. The van der Waals surface area contributed by atoms with Crippen LogP contribution in [0.25, 0.3) is 0 Å². The zero-order valence-electron chi connectivity index (χ0n) is 15.4. The second-order valence-corrected chi connectivity index (χ2v) is 6.43. The van der Waals surface area contributed by atoms with Crippen molar-refractivity contribution in [3.05, 3.63) is 88.7 Å². The average Bonchev–Trinajstić information content (AvgIpc) is 2.68. The number of carbonyl (C=O) groups excluding carboxylic acids is 1. The standard InChI is InChI=1S/C22H21N2O3/c1-15-6-3-4-8-21(15)27-24-22(26)13-19-16(2)20(25)10-9-18(19)12-17-7-5-11-23-14-17/h3-11,14H,12-13H2,1-2H3,(H,24,26). The van der Waals surface area contributed by atoms with Crippen LogP contribution in [0.4, 0.5) is 0 Å². The van der Waals surface area contributed by atoms with Gasteiger partial charge in [-0.3, -0.25) is 14.9 Å². The second-order valence-electron chi connectivity index (χ2n) is 6.43. The summed E-state index contributed by atoms with van der Waals surface area (Å²) >= 11 is 0. The van der Waals surface area contributed by atoms with E-state index in [1.807, 2.05) is 37.3 Å². The number of hydrogen-bond acceptors (Lipinski definition) is 3. The van der Waals surface area contributed by atoms with Crippen LogP contribution in [0.2, 0.25) is 0 Å². The van der Waals surface area contributed by atoms with Crippen LogP contribution >= 0.6 is 0 Å². The van der Waals surface area contributed by atoms with Crippen LogP contribution in [0.5, 0.6) is 11.5 Å². The molecule has 1 radical (unpaired) electrons. The lowest BCUT2D eigenvalue weighted by atomic mass is 9.94. The van der Waals surface area contributed by atoms with Crippen molar-refractivity contribution in [2.75, 3.05) is 0 Å². The smallest absolute Gasteiger partial charge is 0.257 e. The van der Waals surface area contributed by atoms with Crippen molar-refractivity contribution in [3.63, 3.8) is 0 Å². The van der Waals surface area contributed by atoms with Gasteiger partial charge in [0.15, 0.2) is 11.5 Å². The van der Waals surface area contributed by atoms with Crippen LogP contribution in [0.3, 0.4) is 0 Å². The predicted molar refractivity (Wildman–Crippen MR) is 102 cm³/mol. The van der Waals surface area contributed by atoms with Crippen molar-refractivity contribution >= 4 is 5.91 Å². The van der Waals surface area contributed by atoms with Crippen molar-refractivity contribution < 1.29 is 14.7 Å². The van der Waals surface area contributed by atoms with E-state index in [-0.39, 0.29) is 18.1 Å². The number of benzene rings is 2. The van der Waals surface area contributed by atoms with Crippen LogP contribution < -0.4 is 10.3 Å². The van der Waals surface area contributed by atoms with Gasteiger partial charge in [-0.1, -0.05) is 30.3 Å². The van der Waals surface area contributed by atoms with Gasteiger partial charge >= 0.3 is 0 Å². The molecule has 3 rings (SSSR count). The molecule has 0 atom stereocenters. The fourth-order valence-corrected chi connectivity index (χ4v) is 2.91. The molecule has 0 aliphatic rings. The van der Waals surface area contributed by atoms with Crippen LogP contribution in [0, 0.1) is 13.8 Å². The molecule has 1 amide bonds. The van der Waals surface area contributed by atoms with Gasteiger partial charge in [0, 0.05) is 18.0 Å². The van der Waals surface area contributed by atoms with Crippen LogP contribution in [-0.4, -0.2) is 10.9 Å². The molecule has 5 nitrogen and oxygen atoms in total. The van der Waals surface area contributed by atoms with Gasteiger partial charge in [-0.25, -0.2) is 0 Å². The summed E-state index contributed by atoms with van der Waals surface area (Å²) in [5.41, 5.74) is 6.67. The molecule has 0 aliphatic heterocycles. The maximum absolute atomic E-state index is 12.4. The molecular weight excluding hydrogens is 340 g/mol. The summed E-state index contributed by atoms with van der Waals surface area (Å²) < 4.78 is 0. The fraction of sp³-hybridized carbons (Fsp3) is 0.182. The van der Waals surface area contributed by atoms with Gasteiger partial charge in [-0.15, -0.1) is 0 Å². The molecule has 137 valence electrons. The van der Waals surface area contributed by atoms with Gasteiger partial charge < -0.3 is 4.84 Å². The summed E-state index contributed by atoms with van der Waals surface area (Å²) in [6.45, 7) is 3.65. The Morgan fingerprint density at radius 1 is 1.07 bits per heavy atom. The first-order valence-corrected chi connectivity index (χ1v) is 8.73. The van der Waals surface area contributed by atoms with Crippen LogP contribution in [-0.2, 0) is 22.7 Å². The Morgan fingerprint density at radius 3 is 2.63 bits per heavy atom. The molecule has 0 fully saturated rings. The van der Waals surface area contributed by atoms with E-state index < -0.39 is 0 Å². The van der Waals surface area contributed by atoms with Crippen molar-refractivity contribution in [2.24, 2.45) is 0 Å². The van der Waals surface area contributed by atoms with Gasteiger partial charge in [0.2, 0.25) is 0 Å². The van der Waals surface area contributed by atoms with Crippen molar-refractivity contribution in [1.29, 1.82) is 0 Å². The number of para-hydroxylation sites is 1. The number of nitrogens with one attached hydrogen (secondary N) is 1. The minimum Gasteiger partial charge on any atom is -0.379 e. The van der Waals surface area contributed by atoms with E-state index in [4.69, 9.17) is 4.84 Å². The number of aromatic nitrogens is 1. The Bertz CT molecular complexity index is 940. The highest BCUT2D eigenvalue weighted by atomic mass is 16.7. The summed E-state index contributed by atoms with van der Waals surface area (Å²) in [6, 6.07) is 14.6. The Kier molecular flexibility index (Phi) is 5.71. The quantitative estimate of drug-likeness (QED) is 0.672. The lowest BCUT2D eigenvalue weighted by Crippen LogP contribution is -2.29. The lowest BCUT2D eigenvalue weighted by molar-refractivity contribution is -0.127. The Labute approximate surface area is 158 Å². The highest BCUT2D eigenvalue weighted by molar-refractivity contribution is 5.79. The molecule has 1 N–H and O–H groups in total. The van der Waals surface area contributed by atoms with Crippen molar-refractivity contribution in [3.8, 4) is 11.5 Å². The third-order valence-electron chi connectivity index (χ3n) is 4.47. The Hall–Kier alpha value is -3.34. The molecule has 0 aliphatic carbocycles.